The molecule has 0 aliphatic heterocycles. The predicted molar refractivity (Wildman–Crippen MR) is 160 cm³/mol. The molecule has 0 saturated carbocycles. The molecule has 0 radical (unpaired) electrons. The first-order valence-electron chi connectivity index (χ1n) is 13.7. The summed E-state index contributed by atoms with van der Waals surface area (Å²) in [5.41, 5.74) is 13.0. The Morgan fingerprint density at radius 1 is 0.625 bits per heavy atom. The van der Waals surface area contributed by atoms with Gasteiger partial charge >= 0.3 is 0 Å². The van der Waals surface area contributed by atoms with Crippen LogP contribution in [0.2, 0.25) is 0 Å². The predicted octanol–water partition coefficient (Wildman–Crippen LogP) is 2.56. The average Bonchev–Trinajstić information content (AvgIpc) is 2.96. The fourth-order valence-electron chi connectivity index (χ4n) is 4.73. The zero-order valence-electron chi connectivity index (χ0n) is 22.6. The molecule has 208 valence electrons. The van der Waals surface area contributed by atoms with E-state index in [1.807, 2.05) is 84.9 Å². The monoisotopic (exact) mass is 539 g/mol. The highest BCUT2D eigenvalue weighted by atomic mass is 16.2. The number of rotatable bonds is 13. The fourth-order valence-corrected chi connectivity index (χ4v) is 4.73. The highest BCUT2D eigenvalue weighted by Gasteiger charge is 2.27. The van der Waals surface area contributed by atoms with Gasteiger partial charge in [0, 0.05) is 32.4 Å². The van der Waals surface area contributed by atoms with Gasteiger partial charge in [0.15, 0.2) is 0 Å². The number of carbonyl (C=O) groups excluding carboxylic acids is 3. The van der Waals surface area contributed by atoms with E-state index in [1.54, 1.807) is 0 Å². The number of carbonyl (C=O) groups is 3. The summed E-state index contributed by atoms with van der Waals surface area (Å²) in [5, 5.41) is 12.9. The smallest absolute Gasteiger partial charge is 0.243 e. The molecule has 40 heavy (non-hydrogen) atoms. The summed E-state index contributed by atoms with van der Waals surface area (Å²) in [7, 11) is 0. The van der Waals surface area contributed by atoms with E-state index in [1.165, 1.54) is 0 Å². The van der Waals surface area contributed by atoms with Gasteiger partial charge in [-0.1, -0.05) is 84.9 Å². The standard InChI is InChI=1S/C32H37N5O3/c33-15-5-17-35-31(39)28(20-22-10-12-24-6-1-3-8-26(24)18-22)37-32(40)29(36-30(38)14-16-34)21-23-11-13-25-7-2-4-9-27(25)19-23/h1-4,6-13,18-19,28-29H,5,14-17,20-21,33-34H2,(H,35,39)(H,36,38)(H,37,40)/t28-,29-/m1/s1. The Kier molecular flexibility index (Phi) is 10.2. The van der Waals surface area contributed by atoms with Gasteiger partial charge in [-0.25, -0.2) is 0 Å². The van der Waals surface area contributed by atoms with Crippen molar-refractivity contribution >= 4 is 39.3 Å². The van der Waals surface area contributed by atoms with Gasteiger partial charge in [-0.05, 0) is 45.6 Å². The Hall–Kier alpha value is -4.27. The normalized spacial score (nSPS) is 12.6. The summed E-state index contributed by atoms with van der Waals surface area (Å²) in [6.07, 6.45) is 1.29. The second-order valence-electron chi connectivity index (χ2n) is 9.92. The number of fused-ring (bicyclic) bond motifs is 2. The van der Waals surface area contributed by atoms with Crippen molar-refractivity contribution < 1.29 is 14.4 Å². The third-order valence-corrected chi connectivity index (χ3v) is 6.84. The molecular weight excluding hydrogens is 502 g/mol. The number of nitrogens with one attached hydrogen (secondary N) is 3. The lowest BCUT2D eigenvalue weighted by Gasteiger charge is -2.24. The molecule has 8 nitrogen and oxygen atoms in total. The van der Waals surface area contributed by atoms with Crippen molar-refractivity contribution in [3.8, 4) is 0 Å². The lowest BCUT2D eigenvalue weighted by atomic mass is 9.99. The van der Waals surface area contributed by atoms with Gasteiger partial charge in [-0.15, -0.1) is 0 Å². The molecule has 4 rings (SSSR count). The lowest BCUT2D eigenvalue weighted by molar-refractivity contribution is -0.132. The number of hydrogen-bond donors (Lipinski definition) is 5. The molecule has 4 aromatic carbocycles. The van der Waals surface area contributed by atoms with Crippen molar-refractivity contribution in [3.63, 3.8) is 0 Å². The van der Waals surface area contributed by atoms with E-state index in [-0.39, 0.29) is 31.2 Å². The third-order valence-electron chi connectivity index (χ3n) is 6.84. The van der Waals surface area contributed by atoms with Gasteiger partial charge in [0.25, 0.3) is 0 Å². The summed E-state index contributed by atoms with van der Waals surface area (Å²) in [6, 6.07) is 26.2. The number of nitrogens with two attached hydrogens (primary N) is 2. The van der Waals surface area contributed by atoms with Crippen molar-refractivity contribution in [3.05, 3.63) is 96.1 Å². The molecule has 0 aromatic heterocycles. The minimum atomic E-state index is -0.879. The van der Waals surface area contributed by atoms with Crippen molar-refractivity contribution in [2.45, 2.75) is 37.8 Å². The quantitative estimate of drug-likeness (QED) is 0.166. The van der Waals surface area contributed by atoms with E-state index in [0.29, 0.717) is 25.9 Å². The molecule has 0 bridgehead atoms. The molecule has 7 N–H and O–H groups in total. The third kappa shape index (κ3) is 7.88. The summed E-state index contributed by atoms with van der Waals surface area (Å²) >= 11 is 0. The summed E-state index contributed by atoms with van der Waals surface area (Å²) in [4.78, 5) is 39.4. The molecular formula is C32H37N5O3. The molecule has 2 atom stereocenters. The molecule has 0 fully saturated rings. The van der Waals surface area contributed by atoms with Crippen LogP contribution in [0.5, 0.6) is 0 Å². The van der Waals surface area contributed by atoms with Gasteiger partial charge in [0.05, 0.1) is 0 Å². The zero-order valence-corrected chi connectivity index (χ0v) is 22.6. The Balaban J connectivity index is 1.56. The molecule has 3 amide bonds. The maximum absolute atomic E-state index is 13.6. The largest absolute Gasteiger partial charge is 0.354 e. The first-order chi connectivity index (χ1) is 19.5. The SMILES string of the molecule is NCCCNC(=O)[C@@H](Cc1ccc2ccccc2c1)NC(=O)[C@@H](Cc1ccc2ccccc2c1)NC(=O)CCN. The molecule has 0 unspecified atom stereocenters. The van der Waals surface area contributed by atoms with Crippen LogP contribution >= 0.6 is 0 Å². The van der Waals surface area contributed by atoms with Crippen LogP contribution < -0.4 is 27.4 Å². The Bertz CT molecular complexity index is 1470. The topological polar surface area (TPSA) is 139 Å². The zero-order chi connectivity index (χ0) is 28.3. The van der Waals surface area contributed by atoms with E-state index in [4.69, 9.17) is 11.5 Å². The minimum Gasteiger partial charge on any atom is -0.354 e. The Morgan fingerprint density at radius 2 is 1.15 bits per heavy atom. The van der Waals surface area contributed by atoms with Crippen LogP contribution in [0, 0.1) is 0 Å². The van der Waals surface area contributed by atoms with Gasteiger partial charge in [0.1, 0.15) is 12.1 Å². The maximum Gasteiger partial charge on any atom is 0.243 e. The molecule has 0 aliphatic carbocycles. The lowest BCUT2D eigenvalue weighted by Crippen LogP contribution is -2.55. The Labute approximate surface area is 234 Å². The van der Waals surface area contributed by atoms with Gasteiger partial charge in [0.2, 0.25) is 17.7 Å². The molecule has 0 heterocycles. The average molecular weight is 540 g/mol. The molecule has 4 aromatic rings. The molecule has 0 aliphatic rings. The maximum atomic E-state index is 13.6. The van der Waals surface area contributed by atoms with Crippen molar-refractivity contribution in [1.82, 2.24) is 16.0 Å². The second kappa shape index (κ2) is 14.2. The van der Waals surface area contributed by atoms with Crippen LogP contribution in [0.3, 0.4) is 0 Å². The molecule has 0 spiro atoms. The van der Waals surface area contributed by atoms with Crippen molar-refractivity contribution in [2.24, 2.45) is 11.5 Å². The second-order valence-corrected chi connectivity index (χ2v) is 9.92. The van der Waals surface area contributed by atoms with Gasteiger partial charge in [-0.2, -0.15) is 0 Å². The first-order valence-corrected chi connectivity index (χ1v) is 13.7. The first kappa shape index (κ1) is 28.7. The van der Waals surface area contributed by atoms with E-state index >= 15 is 0 Å². The van der Waals surface area contributed by atoms with E-state index in [2.05, 4.69) is 16.0 Å². The highest BCUT2D eigenvalue weighted by Crippen LogP contribution is 2.18. The number of amides is 3. The van der Waals surface area contributed by atoms with Crippen molar-refractivity contribution in [2.75, 3.05) is 19.6 Å². The summed E-state index contributed by atoms with van der Waals surface area (Å²) in [6.45, 7) is 1.03. The number of benzene rings is 4. The van der Waals surface area contributed by atoms with Crippen molar-refractivity contribution in [1.29, 1.82) is 0 Å². The van der Waals surface area contributed by atoms with Crippen LogP contribution in [-0.2, 0) is 27.2 Å². The highest BCUT2D eigenvalue weighted by molar-refractivity contribution is 5.93. The number of hydrogen-bond acceptors (Lipinski definition) is 5. The van der Waals surface area contributed by atoms with Crippen LogP contribution in [0.15, 0.2) is 84.9 Å². The molecule has 0 saturated heterocycles. The van der Waals surface area contributed by atoms with E-state index < -0.39 is 18.0 Å². The van der Waals surface area contributed by atoms with Gasteiger partial charge in [-0.3, -0.25) is 14.4 Å². The minimum absolute atomic E-state index is 0.0988. The van der Waals surface area contributed by atoms with Crippen LogP contribution in [0.1, 0.15) is 24.0 Å². The Morgan fingerprint density at radius 3 is 1.68 bits per heavy atom. The van der Waals surface area contributed by atoms with Crippen LogP contribution in [-0.4, -0.2) is 49.4 Å². The van der Waals surface area contributed by atoms with E-state index in [0.717, 1.165) is 32.7 Å². The van der Waals surface area contributed by atoms with Gasteiger partial charge < -0.3 is 27.4 Å². The molecule has 8 heteroatoms. The van der Waals surface area contributed by atoms with Crippen LogP contribution in [0.25, 0.3) is 21.5 Å². The summed E-state index contributed by atoms with van der Waals surface area (Å²) in [5.74, 6) is -1.05. The fraction of sp³-hybridized carbons (Fsp3) is 0.281. The van der Waals surface area contributed by atoms with E-state index in [9.17, 15) is 14.4 Å². The van der Waals surface area contributed by atoms with Crippen LogP contribution in [0.4, 0.5) is 0 Å². The summed E-state index contributed by atoms with van der Waals surface area (Å²) < 4.78 is 0.